The van der Waals surface area contributed by atoms with Gasteiger partial charge in [-0.05, 0) is 42.5 Å². The highest BCUT2D eigenvalue weighted by atomic mass is 16.5. The largest absolute Gasteiger partial charge is 0.489 e. The van der Waals surface area contributed by atoms with Crippen LogP contribution in [0.4, 0.5) is 0 Å². The van der Waals surface area contributed by atoms with Crippen LogP contribution in [0.1, 0.15) is 62.8 Å². The monoisotopic (exact) mass is 261 g/mol. The van der Waals surface area contributed by atoms with Crippen molar-refractivity contribution in [3.63, 3.8) is 0 Å². The molecular weight excluding hydrogens is 238 g/mol. The van der Waals surface area contributed by atoms with Gasteiger partial charge in [-0.25, -0.2) is 0 Å². The maximum atomic E-state index is 8.84. The molecule has 0 aliphatic carbocycles. The summed E-state index contributed by atoms with van der Waals surface area (Å²) in [7, 11) is 0. The van der Waals surface area contributed by atoms with Crippen molar-refractivity contribution in [2.75, 3.05) is 0 Å². The number of ether oxygens (including phenoxy) is 1. The molecular formula is C16H23NO2. The number of fused-ring (bicyclic) bond motifs is 1. The highest BCUT2D eigenvalue weighted by Crippen LogP contribution is 2.48. The van der Waals surface area contributed by atoms with Crippen LogP contribution in [-0.4, -0.2) is 17.5 Å². The lowest BCUT2D eigenvalue weighted by Gasteiger charge is -2.24. The van der Waals surface area contributed by atoms with Crippen LogP contribution in [0, 0.1) is 6.92 Å². The lowest BCUT2D eigenvalue weighted by molar-refractivity contribution is 0.184. The third kappa shape index (κ3) is 2.01. The van der Waals surface area contributed by atoms with Crippen molar-refractivity contribution in [2.45, 2.75) is 59.0 Å². The van der Waals surface area contributed by atoms with E-state index in [9.17, 15) is 0 Å². The van der Waals surface area contributed by atoms with E-state index < -0.39 is 0 Å². The lowest BCUT2D eigenvalue weighted by atomic mass is 9.77. The minimum Gasteiger partial charge on any atom is -0.489 e. The second-order valence-corrected chi connectivity index (χ2v) is 6.27. The van der Waals surface area contributed by atoms with Gasteiger partial charge in [0.1, 0.15) is 11.9 Å². The Morgan fingerprint density at radius 2 is 2.05 bits per heavy atom. The topological polar surface area (TPSA) is 41.8 Å². The molecule has 0 amide bonds. The number of hydrogen-bond donors (Lipinski definition) is 1. The van der Waals surface area contributed by atoms with E-state index in [-0.39, 0.29) is 11.5 Å². The van der Waals surface area contributed by atoms with Gasteiger partial charge in [-0.2, -0.15) is 0 Å². The van der Waals surface area contributed by atoms with Gasteiger partial charge >= 0.3 is 0 Å². The molecule has 1 aliphatic rings. The molecule has 0 spiro atoms. The van der Waals surface area contributed by atoms with Gasteiger partial charge in [0, 0.05) is 11.0 Å². The molecule has 0 radical (unpaired) electrons. The van der Waals surface area contributed by atoms with E-state index in [0.29, 0.717) is 5.92 Å². The SMILES string of the molecule is Cc1c(/C=N/O)cc(C(C)C)c2c1C(C)(C)C(C)O2. The number of hydrogen-bond acceptors (Lipinski definition) is 3. The van der Waals surface area contributed by atoms with E-state index in [1.807, 2.05) is 0 Å². The van der Waals surface area contributed by atoms with Gasteiger partial charge in [0.25, 0.3) is 0 Å². The van der Waals surface area contributed by atoms with Crippen LogP contribution >= 0.6 is 0 Å². The molecule has 0 aromatic heterocycles. The molecule has 1 atom stereocenters. The van der Waals surface area contributed by atoms with Gasteiger partial charge in [-0.1, -0.05) is 32.9 Å². The van der Waals surface area contributed by atoms with Crippen LogP contribution in [-0.2, 0) is 5.41 Å². The molecule has 1 N–H and O–H groups in total. The summed E-state index contributed by atoms with van der Waals surface area (Å²) in [5.41, 5.74) is 4.53. The molecule has 3 heteroatoms. The van der Waals surface area contributed by atoms with Gasteiger partial charge in [-0.15, -0.1) is 0 Å². The van der Waals surface area contributed by atoms with Crippen LogP contribution in [0.2, 0.25) is 0 Å². The molecule has 1 unspecified atom stereocenters. The number of nitrogens with zero attached hydrogens (tertiary/aromatic N) is 1. The Balaban J connectivity index is 2.77. The Morgan fingerprint density at radius 3 is 2.58 bits per heavy atom. The van der Waals surface area contributed by atoms with Crippen LogP contribution in [0.15, 0.2) is 11.2 Å². The molecule has 104 valence electrons. The lowest BCUT2D eigenvalue weighted by Crippen LogP contribution is -2.29. The zero-order chi connectivity index (χ0) is 14.4. The van der Waals surface area contributed by atoms with Crippen molar-refractivity contribution in [1.29, 1.82) is 0 Å². The van der Waals surface area contributed by atoms with Gasteiger partial charge in [0.05, 0.1) is 6.21 Å². The first-order valence-electron chi connectivity index (χ1n) is 6.82. The molecule has 3 nitrogen and oxygen atoms in total. The van der Waals surface area contributed by atoms with Crippen LogP contribution in [0.5, 0.6) is 5.75 Å². The van der Waals surface area contributed by atoms with E-state index in [2.05, 4.69) is 52.8 Å². The highest BCUT2D eigenvalue weighted by molar-refractivity contribution is 5.84. The van der Waals surface area contributed by atoms with Crippen molar-refractivity contribution >= 4 is 6.21 Å². The minimum atomic E-state index is -0.0254. The van der Waals surface area contributed by atoms with E-state index in [0.717, 1.165) is 16.9 Å². The number of benzene rings is 1. The third-order valence-corrected chi connectivity index (χ3v) is 4.38. The van der Waals surface area contributed by atoms with Crippen LogP contribution in [0.3, 0.4) is 0 Å². The zero-order valence-corrected chi connectivity index (χ0v) is 12.6. The summed E-state index contributed by atoms with van der Waals surface area (Å²) in [6, 6.07) is 2.08. The van der Waals surface area contributed by atoms with Crippen molar-refractivity contribution in [3.05, 3.63) is 28.3 Å². The van der Waals surface area contributed by atoms with Gasteiger partial charge in [-0.3, -0.25) is 0 Å². The molecule has 0 bridgehead atoms. The van der Waals surface area contributed by atoms with Crippen molar-refractivity contribution < 1.29 is 9.94 Å². The molecule has 1 aliphatic heterocycles. The quantitative estimate of drug-likeness (QED) is 0.497. The Labute approximate surface area is 115 Å². The van der Waals surface area contributed by atoms with Crippen molar-refractivity contribution in [2.24, 2.45) is 5.16 Å². The molecule has 0 fully saturated rings. The third-order valence-electron chi connectivity index (χ3n) is 4.38. The second-order valence-electron chi connectivity index (χ2n) is 6.27. The summed E-state index contributed by atoms with van der Waals surface area (Å²) < 4.78 is 6.12. The van der Waals surface area contributed by atoms with E-state index in [1.165, 1.54) is 17.3 Å². The average Bonchev–Trinajstić information content (AvgIpc) is 2.54. The summed E-state index contributed by atoms with van der Waals surface area (Å²) in [5, 5.41) is 12.0. The standard InChI is InChI=1S/C16H23NO2/c1-9(2)13-7-12(8-17-18)10(3)14-15(13)19-11(4)16(14,5)6/h7-9,11,18H,1-6H3/b17-8+. The first-order chi connectivity index (χ1) is 8.80. The smallest absolute Gasteiger partial charge is 0.127 e. The normalized spacial score (nSPS) is 20.9. The minimum absolute atomic E-state index is 0.0254. The van der Waals surface area contributed by atoms with Gasteiger partial charge < -0.3 is 9.94 Å². The molecule has 1 aromatic carbocycles. The van der Waals surface area contributed by atoms with E-state index in [1.54, 1.807) is 0 Å². The van der Waals surface area contributed by atoms with Gasteiger partial charge in [0.15, 0.2) is 0 Å². The highest BCUT2D eigenvalue weighted by Gasteiger charge is 2.42. The molecule has 0 saturated carbocycles. The second kappa shape index (κ2) is 4.55. The Hall–Kier alpha value is -1.51. The first-order valence-corrected chi connectivity index (χ1v) is 6.82. The Kier molecular flexibility index (Phi) is 3.33. The fourth-order valence-corrected chi connectivity index (χ4v) is 2.86. The fourth-order valence-electron chi connectivity index (χ4n) is 2.86. The van der Waals surface area contributed by atoms with Crippen LogP contribution < -0.4 is 4.74 Å². The summed E-state index contributed by atoms with van der Waals surface area (Å²) in [5.74, 6) is 1.40. The van der Waals surface area contributed by atoms with Gasteiger partial charge in [0.2, 0.25) is 0 Å². The van der Waals surface area contributed by atoms with Crippen molar-refractivity contribution in [3.8, 4) is 5.75 Å². The van der Waals surface area contributed by atoms with E-state index >= 15 is 0 Å². The predicted octanol–water partition coefficient (Wildman–Crippen LogP) is 3.99. The molecule has 19 heavy (non-hydrogen) atoms. The first kappa shape index (κ1) is 13.9. The average molecular weight is 261 g/mol. The summed E-state index contributed by atoms with van der Waals surface area (Å²) in [4.78, 5) is 0. The summed E-state index contributed by atoms with van der Waals surface area (Å²) in [6.07, 6.45) is 1.67. The van der Waals surface area contributed by atoms with Crippen molar-refractivity contribution in [1.82, 2.24) is 0 Å². The summed E-state index contributed by atoms with van der Waals surface area (Å²) in [6.45, 7) is 12.9. The summed E-state index contributed by atoms with van der Waals surface area (Å²) >= 11 is 0. The molecule has 1 aromatic rings. The maximum absolute atomic E-state index is 8.84. The van der Waals surface area contributed by atoms with E-state index in [4.69, 9.17) is 9.94 Å². The number of oxime groups is 1. The Bertz CT molecular complexity index is 530. The zero-order valence-electron chi connectivity index (χ0n) is 12.6. The van der Waals surface area contributed by atoms with Crippen LogP contribution in [0.25, 0.3) is 0 Å². The molecule has 1 heterocycles. The molecule has 2 rings (SSSR count). The maximum Gasteiger partial charge on any atom is 0.127 e. The fraction of sp³-hybridized carbons (Fsp3) is 0.562. The molecule has 0 saturated heterocycles. The number of rotatable bonds is 2. The Morgan fingerprint density at radius 1 is 1.42 bits per heavy atom. The predicted molar refractivity (Wildman–Crippen MR) is 77.8 cm³/mol.